The zero-order valence-electron chi connectivity index (χ0n) is 21.5. The Morgan fingerprint density at radius 2 is 2.05 bits per heavy atom. The van der Waals surface area contributed by atoms with Crippen LogP contribution < -0.4 is 10.2 Å². The molecular weight excluding hydrogens is 552 g/mol. The van der Waals surface area contributed by atoms with Gasteiger partial charge in [0, 0.05) is 23.2 Å². The highest BCUT2D eigenvalue weighted by atomic mass is 35.5. The summed E-state index contributed by atoms with van der Waals surface area (Å²) in [6.45, 7) is 6.93. The number of aryl methyl sites for hydroxylation is 1. The van der Waals surface area contributed by atoms with Crippen molar-refractivity contribution in [3.63, 3.8) is 0 Å². The highest BCUT2D eigenvalue weighted by Crippen LogP contribution is 2.23. The predicted molar refractivity (Wildman–Crippen MR) is 153 cm³/mol. The van der Waals surface area contributed by atoms with Crippen molar-refractivity contribution >= 4 is 46.5 Å². The molecule has 1 N–H and O–H groups in total. The first kappa shape index (κ1) is 27.2. The minimum atomic E-state index is -0.310. The molecule has 0 aliphatic rings. The van der Waals surface area contributed by atoms with Crippen LogP contribution in [-0.4, -0.2) is 47.6 Å². The molecule has 13 heteroatoms. The van der Waals surface area contributed by atoms with Crippen LogP contribution in [0.5, 0.6) is 5.95 Å². The van der Waals surface area contributed by atoms with Crippen LogP contribution in [-0.2, 0) is 24.5 Å². The fraction of sp³-hybridized carbons (Fsp3) is 0.185. The molecule has 0 unspecified atom stereocenters. The van der Waals surface area contributed by atoms with Crippen LogP contribution >= 0.6 is 23.4 Å². The van der Waals surface area contributed by atoms with Gasteiger partial charge in [-0.25, -0.2) is 10.1 Å². The van der Waals surface area contributed by atoms with Crippen molar-refractivity contribution in [1.29, 1.82) is 0 Å². The van der Waals surface area contributed by atoms with E-state index in [0.717, 1.165) is 22.2 Å². The van der Waals surface area contributed by atoms with Crippen LogP contribution in [0.1, 0.15) is 22.7 Å². The Morgan fingerprint density at radius 1 is 1.18 bits per heavy atom. The largest absolute Gasteiger partial charge is 0.460 e. The Morgan fingerprint density at radius 3 is 2.90 bits per heavy atom. The number of allylic oxidation sites excluding steroid dienone is 1. The van der Waals surface area contributed by atoms with Crippen molar-refractivity contribution in [2.24, 2.45) is 5.10 Å². The maximum Gasteiger partial charge on any atom is 0.285 e. The number of halogens is 1. The summed E-state index contributed by atoms with van der Waals surface area (Å²) < 4.78 is 14.9. The lowest BCUT2D eigenvalue weighted by atomic mass is 10.1. The van der Waals surface area contributed by atoms with Gasteiger partial charge >= 0.3 is 0 Å². The van der Waals surface area contributed by atoms with Crippen molar-refractivity contribution in [1.82, 2.24) is 35.2 Å². The van der Waals surface area contributed by atoms with E-state index in [0.29, 0.717) is 40.8 Å². The number of furan rings is 1. The fourth-order valence-corrected chi connectivity index (χ4v) is 4.86. The Bertz CT molecular complexity index is 1660. The average Bonchev–Trinajstić information content (AvgIpc) is 3.67. The molecule has 0 atom stereocenters. The smallest absolute Gasteiger partial charge is 0.285 e. The zero-order valence-corrected chi connectivity index (χ0v) is 23.1. The molecular formula is C27H25ClN8O3S. The van der Waals surface area contributed by atoms with Crippen molar-refractivity contribution in [3.05, 3.63) is 95.0 Å². The van der Waals surface area contributed by atoms with Crippen molar-refractivity contribution < 1.29 is 13.9 Å². The summed E-state index contributed by atoms with van der Waals surface area (Å²) in [5.74, 6) is 1.20. The maximum absolute atomic E-state index is 12.4. The molecule has 204 valence electrons. The summed E-state index contributed by atoms with van der Waals surface area (Å²) in [6.07, 6.45) is 3.15. The monoisotopic (exact) mass is 576 g/mol. The summed E-state index contributed by atoms with van der Waals surface area (Å²) >= 11 is 7.49. The molecule has 3 aromatic heterocycles. The van der Waals surface area contributed by atoms with Crippen LogP contribution in [0.15, 0.2) is 81.9 Å². The zero-order chi connectivity index (χ0) is 27.9. The molecule has 0 aliphatic heterocycles. The SMILES string of the molecule is C=CCn1c(Cn2nnc3ccccc32)nnc1SCC(=O)N/N=C/c1ccc(OCc2c(C)cccc2Cl)o1. The number of fused-ring (bicyclic) bond motifs is 1. The molecule has 2 aromatic carbocycles. The number of benzene rings is 2. The first-order chi connectivity index (χ1) is 19.5. The lowest BCUT2D eigenvalue weighted by molar-refractivity contribution is -0.118. The van der Waals surface area contributed by atoms with Gasteiger partial charge in [-0.15, -0.1) is 21.9 Å². The predicted octanol–water partition coefficient (Wildman–Crippen LogP) is 4.63. The highest BCUT2D eigenvalue weighted by molar-refractivity contribution is 7.99. The molecule has 5 aromatic rings. The van der Waals surface area contributed by atoms with Gasteiger partial charge < -0.3 is 13.7 Å². The van der Waals surface area contributed by atoms with E-state index >= 15 is 0 Å². The van der Waals surface area contributed by atoms with Gasteiger partial charge in [0.05, 0.1) is 17.5 Å². The fourth-order valence-electron chi connectivity index (χ4n) is 3.83. The quantitative estimate of drug-likeness (QED) is 0.0986. The number of carbonyl (C=O) groups is 1. The molecule has 3 heterocycles. The minimum Gasteiger partial charge on any atom is -0.460 e. The van der Waals surface area contributed by atoms with Gasteiger partial charge in [-0.3, -0.25) is 4.79 Å². The number of nitrogens with zero attached hydrogens (tertiary/aromatic N) is 7. The summed E-state index contributed by atoms with van der Waals surface area (Å²) in [4.78, 5) is 12.4. The number of amides is 1. The average molecular weight is 577 g/mol. The molecule has 0 saturated heterocycles. The second-order valence-electron chi connectivity index (χ2n) is 8.60. The molecule has 0 aliphatic carbocycles. The van der Waals surface area contributed by atoms with Gasteiger partial charge in [0.1, 0.15) is 18.7 Å². The number of rotatable bonds is 12. The lowest BCUT2D eigenvalue weighted by Crippen LogP contribution is -2.20. The van der Waals surface area contributed by atoms with Crippen LogP contribution in [0.2, 0.25) is 5.02 Å². The number of aromatic nitrogens is 6. The molecule has 5 rings (SSSR count). The first-order valence-electron chi connectivity index (χ1n) is 12.2. The first-order valence-corrected chi connectivity index (χ1v) is 13.6. The number of nitrogens with one attached hydrogen (secondary N) is 1. The normalized spacial score (nSPS) is 11.3. The van der Waals surface area contributed by atoms with Gasteiger partial charge in [0.25, 0.3) is 11.9 Å². The maximum atomic E-state index is 12.4. The number of hydrogen-bond donors (Lipinski definition) is 1. The summed E-state index contributed by atoms with van der Waals surface area (Å²) in [6, 6.07) is 16.7. The molecule has 0 radical (unpaired) electrons. The van der Waals surface area contributed by atoms with Crippen LogP contribution in [0.25, 0.3) is 11.0 Å². The summed E-state index contributed by atoms with van der Waals surface area (Å²) in [5.41, 5.74) is 6.11. The third-order valence-corrected chi connectivity index (χ3v) is 7.16. The summed E-state index contributed by atoms with van der Waals surface area (Å²) in [7, 11) is 0. The number of ether oxygens (including phenoxy) is 1. The number of para-hydroxylation sites is 1. The minimum absolute atomic E-state index is 0.0859. The van der Waals surface area contributed by atoms with E-state index in [-0.39, 0.29) is 18.3 Å². The Kier molecular flexibility index (Phi) is 8.57. The van der Waals surface area contributed by atoms with Crippen LogP contribution in [0.3, 0.4) is 0 Å². The molecule has 0 saturated carbocycles. The van der Waals surface area contributed by atoms with E-state index in [1.54, 1.807) is 22.9 Å². The number of thioether (sulfide) groups is 1. The highest BCUT2D eigenvalue weighted by Gasteiger charge is 2.15. The molecule has 11 nitrogen and oxygen atoms in total. The summed E-state index contributed by atoms with van der Waals surface area (Å²) in [5, 5.41) is 22.2. The third kappa shape index (κ3) is 6.41. The standard InChI is InChI=1S/C27H25ClN8O3S/c1-3-13-35-24(15-36-23-10-5-4-9-22(23)30-34-36)31-33-27(35)40-17-25(37)32-29-14-19-11-12-26(39-19)38-16-20-18(2)7-6-8-21(20)28/h3-12,14H,1,13,15-17H2,2H3,(H,32,37)/b29-14+. The van der Waals surface area contributed by atoms with E-state index in [2.05, 4.69) is 37.6 Å². The lowest BCUT2D eigenvalue weighted by Gasteiger charge is -2.08. The Labute approximate surface area is 238 Å². The van der Waals surface area contributed by atoms with E-state index in [9.17, 15) is 4.79 Å². The third-order valence-electron chi connectivity index (χ3n) is 5.84. The number of hydrogen-bond acceptors (Lipinski definition) is 9. The molecule has 0 fully saturated rings. The van der Waals surface area contributed by atoms with Gasteiger partial charge in [0.2, 0.25) is 0 Å². The van der Waals surface area contributed by atoms with Crippen LogP contribution in [0, 0.1) is 6.92 Å². The topological polar surface area (TPSA) is 125 Å². The van der Waals surface area contributed by atoms with E-state index in [4.69, 9.17) is 20.8 Å². The van der Waals surface area contributed by atoms with Gasteiger partial charge in [-0.1, -0.05) is 58.9 Å². The molecule has 0 bridgehead atoms. The molecule has 40 heavy (non-hydrogen) atoms. The van der Waals surface area contributed by atoms with Crippen molar-refractivity contribution in [2.75, 3.05) is 5.75 Å². The number of hydrazone groups is 1. The second-order valence-corrected chi connectivity index (χ2v) is 9.95. The van der Waals surface area contributed by atoms with Gasteiger partial charge in [-0.05, 0) is 36.8 Å². The van der Waals surface area contributed by atoms with E-state index in [1.807, 2.05) is 54.0 Å². The number of carbonyl (C=O) groups excluding carboxylic acids is 1. The van der Waals surface area contributed by atoms with E-state index < -0.39 is 0 Å². The Hall–Kier alpha value is -4.42. The van der Waals surface area contributed by atoms with Crippen molar-refractivity contribution in [3.8, 4) is 5.95 Å². The Balaban J connectivity index is 1.13. The van der Waals surface area contributed by atoms with E-state index in [1.165, 1.54) is 18.0 Å². The second kappa shape index (κ2) is 12.6. The van der Waals surface area contributed by atoms with Crippen LogP contribution in [0.4, 0.5) is 0 Å². The van der Waals surface area contributed by atoms with Gasteiger partial charge in [0.15, 0.2) is 16.7 Å². The molecule has 1 amide bonds. The van der Waals surface area contributed by atoms with Gasteiger partial charge in [-0.2, -0.15) is 5.10 Å². The van der Waals surface area contributed by atoms with Crippen molar-refractivity contribution in [2.45, 2.75) is 31.8 Å². The molecule has 0 spiro atoms.